The van der Waals surface area contributed by atoms with Gasteiger partial charge >= 0.3 is 6.09 Å². The number of carbonyl (C=O) groups is 3. The fraction of sp³-hybridized carbons (Fsp3) is 0.400. The first kappa shape index (κ1) is 30.9. The van der Waals surface area contributed by atoms with Gasteiger partial charge in [0.15, 0.2) is 11.2 Å². The molecule has 6 heterocycles. The van der Waals surface area contributed by atoms with Gasteiger partial charge in [0.1, 0.15) is 5.60 Å². The lowest BCUT2D eigenvalue weighted by Crippen LogP contribution is -2.73. The second kappa shape index (κ2) is 11.3. The number of carbonyl (C=O) groups excluding carboxylic acids is 3. The fourth-order valence-corrected chi connectivity index (χ4v) is 8.21. The molecule has 0 saturated carbocycles. The summed E-state index contributed by atoms with van der Waals surface area (Å²) < 4.78 is 7.57. The molecule has 11 nitrogen and oxygen atoms in total. The first-order valence-electron chi connectivity index (χ1n) is 16.2. The van der Waals surface area contributed by atoms with Crippen LogP contribution < -0.4 is 10.2 Å². The van der Waals surface area contributed by atoms with E-state index in [0.29, 0.717) is 40.1 Å². The van der Waals surface area contributed by atoms with Crippen molar-refractivity contribution >= 4 is 51.7 Å². The van der Waals surface area contributed by atoms with Gasteiger partial charge in [0.05, 0.1) is 12.0 Å². The predicted molar refractivity (Wildman–Crippen MR) is 183 cm³/mol. The molecule has 3 amide bonds. The monoisotopic (exact) mass is 685 g/mol. The van der Waals surface area contributed by atoms with Crippen LogP contribution in [0.5, 0.6) is 0 Å². The van der Waals surface area contributed by atoms with Gasteiger partial charge in [-0.15, -0.1) is 11.3 Å². The number of hydrogen-bond acceptors (Lipinski definition) is 8. The quantitative estimate of drug-likeness (QED) is 0.265. The van der Waals surface area contributed by atoms with E-state index in [1.54, 1.807) is 27.7 Å². The zero-order valence-corrected chi connectivity index (χ0v) is 28.6. The Morgan fingerprint density at radius 2 is 1.83 bits per heavy atom. The van der Waals surface area contributed by atoms with Crippen molar-refractivity contribution in [1.82, 2.24) is 24.3 Å². The Hall–Kier alpha value is -4.42. The lowest BCUT2D eigenvalue weighted by Gasteiger charge is -2.60. The van der Waals surface area contributed by atoms with Gasteiger partial charge < -0.3 is 24.0 Å². The Morgan fingerprint density at radius 1 is 1.06 bits per heavy atom. The summed E-state index contributed by atoms with van der Waals surface area (Å²) in [6.07, 6.45) is 4.91. The lowest BCUT2D eigenvalue weighted by molar-refractivity contribution is -0.121. The number of thiazole rings is 1. The first-order valence-corrected chi connectivity index (χ1v) is 17.4. The van der Waals surface area contributed by atoms with Gasteiger partial charge in [-0.3, -0.25) is 14.9 Å². The van der Waals surface area contributed by atoms with Crippen LogP contribution in [0.1, 0.15) is 60.5 Å². The highest BCUT2D eigenvalue weighted by Crippen LogP contribution is 2.44. The van der Waals surface area contributed by atoms with Crippen molar-refractivity contribution < 1.29 is 19.1 Å². The molecule has 2 aromatic carbocycles. The smallest absolute Gasteiger partial charge is 0.410 e. The van der Waals surface area contributed by atoms with E-state index < -0.39 is 11.6 Å². The van der Waals surface area contributed by atoms with Crippen LogP contribution in [-0.4, -0.2) is 74.0 Å². The molecule has 4 aliphatic rings. The summed E-state index contributed by atoms with van der Waals surface area (Å²) in [7, 11) is 0. The number of likely N-dealkylation sites (tertiary alicyclic amines) is 1. The Kier molecular flexibility index (Phi) is 7.29. The maximum Gasteiger partial charge on any atom is 0.410 e. The fourth-order valence-electron chi connectivity index (χ4n) is 7.40. The third-order valence-corrected chi connectivity index (χ3v) is 10.6. The molecule has 2 fully saturated rings. The van der Waals surface area contributed by atoms with Gasteiger partial charge in [-0.2, -0.15) is 0 Å². The van der Waals surface area contributed by atoms with E-state index in [1.807, 2.05) is 45.0 Å². The molecular formula is C35H36ClN7O4S. The molecular weight excluding hydrogens is 650 g/mol. The number of halogens is 1. The number of aromatic nitrogens is 3. The van der Waals surface area contributed by atoms with Crippen molar-refractivity contribution in [1.29, 1.82) is 0 Å². The number of amides is 3. The largest absolute Gasteiger partial charge is 0.444 e. The number of fused-ring (bicyclic) bond motifs is 2. The van der Waals surface area contributed by atoms with E-state index in [-0.39, 0.29) is 29.9 Å². The van der Waals surface area contributed by atoms with Crippen molar-refractivity contribution in [2.45, 2.75) is 58.3 Å². The highest BCUT2D eigenvalue weighted by Gasteiger charge is 2.54. The normalized spacial score (nSPS) is 18.3. The van der Waals surface area contributed by atoms with E-state index >= 15 is 0 Å². The summed E-state index contributed by atoms with van der Waals surface area (Å²) in [5, 5.41) is 5.64. The molecule has 0 bridgehead atoms. The number of hydrogen-bond donors (Lipinski definition) is 1. The molecule has 248 valence electrons. The van der Waals surface area contributed by atoms with Gasteiger partial charge in [-0.05, 0) is 69.0 Å². The number of benzene rings is 2. The van der Waals surface area contributed by atoms with Crippen molar-refractivity contribution in [2.75, 3.05) is 36.4 Å². The van der Waals surface area contributed by atoms with E-state index in [9.17, 15) is 14.4 Å². The van der Waals surface area contributed by atoms with Crippen LogP contribution in [0.25, 0.3) is 11.1 Å². The number of nitrogens with zero attached hydrogens (tertiary/aromatic N) is 6. The van der Waals surface area contributed by atoms with E-state index in [4.69, 9.17) is 16.3 Å². The third-order valence-electron chi connectivity index (χ3n) is 9.61. The zero-order chi connectivity index (χ0) is 33.4. The minimum atomic E-state index is -0.923. The third kappa shape index (κ3) is 5.40. The standard InChI is InChI=1S/C35H36ClN7O4S/c1-34(2,3)47-33(46)42-18-35(19-42)16-41(17-35)23-8-6-21(7-9-23)22-13-24-25(26(36)14-22)15-43(31(24)45)29(30(44)39-32-37-10-12-48-32)28-27-5-4-11-40(27)20-38-28/h6-10,12-14,20,29H,4-5,11,15-19H2,1-3H3,(H,37,39,44). The van der Waals surface area contributed by atoms with E-state index in [2.05, 4.69) is 36.9 Å². The van der Waals surface area contributed by atoms with E-state index in [0.717, 1.165) is 55.0 Å². The minimum absolute atomic E-state index is 0.126. The van der Waals surface area contributed by atoms with Crippen LogP contribution in [0.2, 0.25) is 5.02 Å². The Morgan fingerprint density at radius 3 is 2.54 bits per heavy atom. The van der Waals surface area contributed by atoms with Gasteiger partial charge in [0.2, 0.25) is 0 Å². The molecule has 1 N–H and O–H groups in total. The molecule has 1 spiro atoms. The van der Waals surface area contributed by atoms with Gasteiger partial charge in [-0.1, -0.05) is 23.7 Å². The second-order valence-electron chi connectivity index (χ2n) is 14.3. The van der Waals surface area contributed by atoms with Crippen LogP contribution >= 0.6 is 22.9 Å². The first-order chi connectivity index (χ1) is 23.0. The molecule has 2 saturated heterocycles. The Balaban J connectivity index is 0.983. The van der Waals surface area contributed by atoms with Crippen molar-refractivity contribution in [2.24, 2.45) is 5.41 Å². The number of rotatable bonds is 6. The van der Waals surface area contributed by atoms with Crippen molar-refractivity contribution in [3.8, 4) is 11.1 Å². The average Bonchev–Trinajstić information content (AvgIpc) is 3.79. The summed E-state index contributed by atoms with van der Waals surface area (Å²) in [5.41, 5.74) is 5.29. The van der Waals surface area contributed by atoms with Crippen LogP contribution in [0.15, 0.2) is 54.3 Å². The number of aryl methyl sites for hydroxylation is 1. The maximum atomic E-state index is 14.1. The maximum absolute atomic E-state index is 14.1. The van der Waals surface area contributed by atoms with Gasteiger partial charge in [0.25, 0.3) is 11.8 Å². The topological polar surface area (TPSA) is 113 Å². The molecule has 1 unspecified atom stereocenters. The lowest BCUT2D eigenvalue weighted by atomic mass is 9.73. The molecule has 0 radical (unpaired) electrons. The molecule has 13 heteroatoms. The second-order valence-corrected chi connectivity index (χ2v) is 15.6. The minimum Gasteiger partial charge on any atom is -0.444 e. The Labute approximate surface area is 287 Å². The summed E-state index contributed by atoms with van der Waals surface area (Å²) in [6, 6.07) is 11.1. The SMILES string of the molecule is CC(C)(C)OC(=O)N1CC2(C1)CN(c1ccc(-c3cc(Cl)c4c(c3)C(=O)N(C(C(=O)Nc3nccs3)c3ncn5c3CCC5)C4)cc1)C2. The molecule has 1 atom stereocenters. The Bertz CT molecular complexity index is 1920. The molecule has 0 aliphatic carbocycles. The van der Waals surface area contributed by atoms with Crippen molar-refractivity contribution in [3.05, 3.63) is 81.8 Å². The highest BCUT2D eigenvalue weighted by molar-refractivity contribution is 7.13. The molecule has 4 aromatic rings. The predicted octanol–water partition coefficient (Wildman–Crippen LogP) is 6.00. The van der Waals surface area contributed by atoms with Gasteiger partial charge in [-0.25, -0.2) is 14.8 Å². The summed E-state index contributed by atoms with van der Waals surface area (Å²) in [4.78, 5) is 54.8. The van der Waals surface area contributed by atoms with Crippen LogP contribution in [0.4, 0.5) is 15.6 Å². The van der Waals surface area contributed by atoms with E-state index in [1.165, 1.54) is 11.3 Å². The van der Waals surface area contributed by atoms with Crippen molar-refractivity contribution in [3.63, 3.8) is 0 Å². The molecule has 4 aliphatic heterocycles. The number of imidazole rings is 1. The summed E-state index contributed by atoms with van der Waals surface area (Å²) in [6.45, 7) is 9.90. The number of ether oxygens (including phenoxy) is 1. The molecule has 8 rings (SSSR count). The molecule has 2 aromatic heterocycles. The molecule has 48 heavy (non-hydrogen) atoms. The van der Waals surface area contributed by atoms with Crippen LogP contribution in [-0.2, 0) is 29.0 Å². The number of nitrogens with one attached hydrogen (secondary N) is 1. The average molecular weight is 686 g/mol. The van der Waals surface area contributed by atoms with Crippen LogP contribution in [0, 0.1) is 5.41 Å². The highest BCUT2D eigenvalue weighted by atomic mass is 35.5. The van der Waals surface area contributed by atoms with Gasteiger partial charge in [0, 0.05) is 83.8 Å². The summed E-state index contributed by atoms with van der Waals surface area (Å²) in [5.74, 6) is -0.602. The summed E-state index contributed by atoms with van der Waals surface area (Å²) >= 11 is 8.18. The number of anilines is 2. The zero-order valence-electron chi connectivity index (χ0n) is 27.0. The van der Waals surface area contributed by atoms with Crippen LogP contribution in [0.3, 0.4) is 0 Å².